The fraction of sp³-hybridized carbons (Fsp3) is 0.381. The summed E-state index contributed by atoms with van der Waals surface area (Å²) >= 11 is 0. The zero-order valence-corrected chi connectivity index (χ0v) is 14.5. The molecule has 0 bridgehead atoms. The Morgan fingerprint density at radius 1 is 0.957 bits per heavy atom. The van der Waals surface area contributed by atoms with E-state index in [1.165, 1.54) is 22.3 Å². The summed E-state index contributed by atoms with van der Waals surface area (Å²) in [4.78, 5) is 0. The summed E-state index contributed by atoms with van der Waals surface area (Å²) in [5, 5.41) is 9.40. The highest BCUT2D eigenvalue weighted by molar-refractivity contribution is 5.44. The third-order valence-corrected chi connectivity index (χ3v) is 4.39. The lowest BCUT2D eigenvalue weighted by molar-refractivity contribution is 0.301. The largest absolute Gasteiger partial charge is 0.493 e. The molecule has 0 fully saturated rings. The van der Waals surface area contributed by atoms with Crippen molar-refractivity contribution < 1.29 is 4.74 Å². The van der Waals surface area contributed by atoms with Crippen LogP contribution in [-0.2, 0) is 0 Å². The van der Waals surface area contributed by atoms with Crippen LogP contribution in [0.3, 0.4) is 0 Å². The Labute approximate surface area is 139 Å². The number of hydrogen-bond acceptors (Lipinski definition) is 2. The molecule has 0 N–H and O–H groups in total. The third-order valence-electron chi connectivity index (χ3n) is 4.39. The molecule has 0 aliphatic carbocycles. The van der Waals surface area contributed by atoms with E-state index >= 15 is 0 Å². The molecule has 0 radical (unpaired) electrons. The van der Waals surface area contributed by atoms with Crippen LogP contribution >= 0.6 is 0 Å². The van der Waals surface area contributed by atoms with E-state index in [1.807, 2.05) is 0 Å². The summed E-state index contributed by atoms with van der Waals surface area (Å²) in [5.74, 6) is 0.938. The molecule has 0 heterocycles. The molecule has 0 saturated heterocycles. The highest BCUT2D eigenvalue weighted by Gasteiger charge is 2.11. The Bertz CT molecular complexity index is 695. The van der Waals surface area contributed by atoms with Gasteiger partial charge in [0.15, 0.2) is 0 Å². The second-order valence-electron chi connectivity index (χ2n) is 6.24. The first-order valence-corrected chi connectivity index (χ1v) is 8.18. The molecule has 1 unspecified atom stereocenters. The standard InChI is InChI=1S/C21H25NO/c1-15-7-11-19(12-8-15)20(14-22)6-5-13-23-21-17(3)10-9-16(2)18(21)4/h7-12,20H,5-6,13H2,1-4H3. The zero-order valence-electron chi connectivity index (χ0n) is 14.5. The molecule has 2 heteroatoms. The molecule has 23 heavy (non-hydrogen) atoms. The van der Waals surface area contributed by atoms with Gasteiger partial charge in [-0.3, -0.25) is 0 Å². The van der Waals surface area contributed by atoms with E-state index in [1.54, 1.807) is 0 Å². The maximum atomic E-state index is 9.40. The van der Waals surface area contributed by atoms with Crippen molar-refractivity contribution in [3.63, 3.8) is 0 Å². The molecule has 2 aromatic carbocycles. The lowest BCUT2D eigenvalue weighted by atomic mass is 9.95. The molecule has 2 rings (SSSR count). The number of benzene rings is 2. The lowest BCUT2D eigenvalue weighted by Gasteiger charge is -2.15. The number of nitriles is 1. The molecule has 0 spiro atoms. The summed E-state index contributed by atoms with van der Waals surface area (Å²) < 4.78 is 5.99. The average molecular weight is 307 g/mol. The summed E-state index contributed by atoms with van der Waals surface area (Å²) in [7, 11) is 0. The maximum Gasteiger partial charge on any atom is 0.125 e. The number of nitrogens with zero attached hydrogens (tertiary/aromatic N) is 1. The van der Waals surface area contributed by atoms with E-state index < -0.39 is 0 Å². The number of aryl methyl sites for hydroxylation is 3. The summed E-state index contributed by atoms with van der Waals surface area (Å²) in [5.41, 5.74) is 5.95. The number of ether oxygens (including phenoxy) is 1. The minimum absolute atomic E-state index is 0.0566. The Morgan fingerprint density at radius 2 is 1.61 bits per heavy atom. The Kier molecular flexibility index (Phi) is 5.82. The fourth-order valence-corrected chi connectivity index (χ4v) is 2.71. The minimum Gasteiger partial charge on any atom is -0.493 e. The SMILES string of the molecule is Cc1ccc(C(C#N)CCCOc2c(C)ccc(C)c2C)cc1. The number of hydrogen-bond donors (Lipinski definition) is 0. The topological polar surface area (TPSA) is 33.0 Å². The average Bonchev–Trinajstić information content (AvgIpc) is 2.55. The van der Waals surface area contributed by atoms with Gasteiger partial charge in [-0.05, 0) is 62.8 Å². The summed E-state index contributed by atoms with van der Waals surface area (Å²) in [6.07, 6.45) is 1.70. The first kappa shape index (κ1) is 17.1. The van der Waals surface area contributed by atoms with Gasteiger partial charge in [0.05, 0.1) is 18.6 Å². The van der Waals surface area contributed by atoms with Crippen LogP contribution in [0.2, 0.25) is 0 Å². The van der Waals surface area contributed by atoms with E-state index in [9.17, 15) is 5.26 Å². The van der Waals surface area contributed by atoms with Crippen LogP contribution in [0.15, 0.2) is 36.4 Å². The molecule has 0 aromatic heterocycles. The van der Waals surface area contributed by atoms with Crippen molar-refractivity contribution in [3.8, 4) is 11.8 Å². The van der Waals surface area contributed by atoms with Crippen LogP contribution in [-0.4, -0.2) is 6.61 Å². The maximum absolute atomic E-state index is 9.40. The van der Waals surface area contributed by atoms with Gasteiger partial charge >= 0.3 is 0 Å². The first-order chi connectivity index (χ1) is 11.0. The van der Waals surface area contributed by atoms with Gasteiger partial charge in [0.1, 0.15) is 5.75 Å². The quantitative estimate of drug-likeness (QED) is 0.671. The predicted octanol–water partition coefficient (Wildman–Crippen LogP) is 5.39. The summed E-state index contributed by atoms with van der Waals surface area (Å²) in [6, 6.07) is 14.9. The van der Waals surface area contributed by atoms with Crippen LogP contribution in [0, 0.1) is 39.0 Å². The van der Waals surface area contributed by atoms with E-state index in [0.717, 1.165) is 24.2 Å². The number of rotatable bonds is 6. The van der Waals surface area contributed by atoms with Crippen molar-refractivity contribution in [3.05, 3.63) is 64.2 Å². The van der Waals surface area contributed by atoms with Gasteiger partial charge < -0.3 is 4.74 Å². The van der Waals surface area contributed by atoms with Gasteiger partial charge in [-0.25, -0.2) is 0 Å². The normalized spacial score (nSPS) is 11.8. The van der Waals surface area contributed by atoms with Crippen LogP contribution < -0.4 is 4.74 Å². The second-order valence-corrected chi connectivity index (χ2v) is 6.24. The lowest BCUT2D eigenvalue weighted by Crippen LogP contribution is -2.04. The van der Waals surface area contributed by atoms with Crippen LogP contribution in [0.5, 0.6) is 5.75 Å². The summed E-state index contributed by atoms with van der Waals surface area (Å²) in [6.45, 7) is 8.99. The van der Waals surface area contributed by atoms with Gasteiger partial charge in [0.25, 0.3) is 0 Å². The van der Waals surface area contributed by atoms with Gasteiger partial charge in [0.2, 0.25) is 0 Å². The van der Waals surface area contributed by atoms with Gasteiger partial charge in [-0.2, -0.15) is 5.26 Å². The molecule has 1 atom stereocenters. The van der Waals surface area contributed by atoms with Crippen molar-refractivity contribution in [1.29, 1.82) is 5.26 Å². The van der Waals surface area contributed by atoms with E-state index in [2.05, 4.69) is 70.2 Å². The Morgan fingerprint density at radius 3 is 2.26 bits per heavy atom. The van der Waals surface area contributed by atoms with E-state index in [0.29, 0.717) is 6.61 Å². The van der Waals surface area contributed by atoms with Crippen molar-refractivity contribution >= 4 is 0 Å². The fourth-order valence-electron chi connectivity index (χ4n) is 2.71. The van der Waals surface area contributed by atoms with Gasteiger partial charge in [-0.1, -0.05) is 42.0 Å². The molecule has 0 amide bonds. The van der Waals surface area contributed by atoms with Gasteiger partial charge in [-0.15, -0.1) is 0 Å². The molecule has 0 saturated carbocycles. The Balaban J connectivity index is 1.91. The Hall–Kier alpha value is -2.27. The van der Waals surface area contributed by atoms with Crippen LogP contribution in [0.1, 0.15) is 46.6 Å². The molecule has 0 aliphatic rings. The predicted molar refractivity (Wildman–Crippen MR) is 94.9 cm³/mol. The van der Waals surface area contributed by atoms with Crippen LogP contribution in [0.4, 0.5) is 0 Å². The second kappa shape index (κ2) is 7.83. The monoisotopic (exact) mass is 307 g/mol. The minimum atomic E-state index is -0.0566. The van der Waals surface area contributed by atoms with E-state index in [4.69, 9.17) is 4.74 Å². The van der Waals surface area contributed by atoms with Crippen molar-refractivity contribution in [2.45, 2.75) is 46.5 Å². The van der Waals surface area contributed by atoms with Crippen molar-refractivity contribution in [2.24, 2.45) is 0 Å². The highest BCUT2D eigenvalue weighted by atomic mass is 16.5. The molecular weight excluding hydrogens is 282 g/mol. The smallest absolute Gasteiger partial charge is 0.125 e. The van der Waals surface area contributed by atoms with Crippen LogP contribution in [0.25, 0.3) is 0 Å². The van der Waals surface area contributed by atoms with Crippen molar-refractivity contribution in [1.82, 2.24) is 0 Å². The molecule has 2 aromatic rings. The van der Waals surface area contributed by atoms with Gasteiger partial charge in [0, 0.05) is 0 Å². The molecular formula is C21H25NO. The molecule has 0 aliphatic heterocycles. The van der Waals surface area contributed by atoms with E-state index in [-0.39, 0.29) is 5.92 Å². The third kappa shape index (κ3) is 4.36. The first-order valence-electron chi connectivity index (χ1n) is 8.18. The zero-order chi connectivity index (χ0) is 16.8. The highest BCUT2D eigenvalue weighted by Crippen LogP contribution is 2.26. The molecule has 2 nitrogen and oxygen atoms in total. The molecule has 120 valence electrons. The van der Waals surface area contributed by atoms with Crippen molar-refractivity contribution in [2.75, 3.05) is 6.61 Å².